The van der Waals surface area contributed by atoms with E-state index < -0.39 is 0 Å². The van der Waals surface area contributed by atoms with Crippen molar-refractivity contribution in [3.05, 3.63) is 40.4 Å². The van der Waals surface area contributed by atoms with Gasteiger partial charge in [-0.2, -0.15) is 14.9 Å². The second kappa shape index (κ2) is 7.00. The minimum atomic E-state index is 0.505. The van der Waals surface area contributed by atoms with E-state index in [-0.39, 0.29) is 0 Å². The molecular weight excluding hydrogens is 272 g/mol. The zero-order valence-corrected chi connectivity index (χ0v) is 12.5. The molecule has 1 N–H and O–H groups in total. The molecular formula is C14H18N4OS. The van der Waals surface area contributed by atoms with E-state index >= 15 is 0 Å². The van der Waals surface area contributed by atoms with E-state index in [1.54, 1.807) is 10.9 Å². The number of aryl methyl sites for hydroxylation is 1. The zero-order chi connectivity index (χ0) is 14.4. The van der Waals surface area contributed by atoms with Gasteiger partial charge in [0.05, 0.1) is 12.8 Å². The minimum absolute atomic E-state index is 0.505. The lowest BCUT2D eigenvalue weighted by Gasteiger charge is -2.03. The van der Waals surface area contributed by atoms with Crippen molar-refractivity contribution in [2.45, 2.75) is 26.7 Å². The van der Waals surface area contributed by atoms with E-state index in [2.05, 4.69) is 22.2 Å². The lowest BCUT2D eigenvalue weighted by atomic mass is 10.2. The molecule has 0 fully saturated rings. The third kappa shape index (κ3) is 3.54. The van der Waals surface area contributed by atoms with Crippen LogP contribution in [-0.4, -0.2) is 27.7 Å². The minimum Gasteiger partial charge on any atom is -0.494 e. The van der Waals surface area contributed by atoms with Crippen LogP contribution in [0.1, 0.15) is 31.7 Å². The highest BCUT2D eigenvalue weighted by molar-refractivity contribution is 7.71. The Balaban J connectivity index is 2.23. The molecule has 106 valence electrons. The summed E-state index contributed by atoms with van der Waals surface area (Å²) in [5.41, 5.74) is 0.960. The van der Waals surface area contributed by atoms with Crippen LogP contribution in [0.4, 0.5) is 0 Å². The van der Waals surface area contributed by atoms with Gasteiger partial charge in [0.2, 0.25) is 4.77 Å². The Hall–Kier alpha value is -1.95. The molecule has 5 nitrogen and oxygen atoms in total. The second-order valence-corrected chi connectivity index (χ2v) is 4.64. The van der Waals surface area contributed by atoms with Gasteiger partial charge >= 0.3 is 0 Å². The molecule has 0 amide bonds. The van der Waals surface area contributed by atoms with Crippen LogP contribution < -0.4 is 4.74 Å². The third-order valence-electron chi connectivity index (χ3n) is 2.68. The summed E-state index contributed by atoms with van der Waals surface area (Å²) < 4.78 is 7.63. The van der Waals surface area contributed by atoms with E-state index in [0.717, 1.165) is 30.0 Å². The lowest BCUT2D eigenvalue weighted by Crippen LogP contribution is -1.99. The highest BCUT2D eigenvalue weighted by Crippen LogP contribution is 2.12. The topological polar surface area (TPSA) is 55.2 Å². The van der Waals surface area contributed by atoms with E-state index in [9.17, 15) is 0 Å². The number of hydrogen-bond acceptors (Lipinski definition) is 4. The number of rotatable bonds is 6. The molecule has 0 saturated heterocycles. The fourth-order valence-electron chi connectivity index (χ4n) is 1.80. The predicted octanol–water partition coefficient (Wildman–Crippen LogP) is 3.17. The molecule has 2 aromatic rings. The monoisotopic (exact) mass is 290 g/mol. The van der Waals surface area contributed by atoms with Gasteiger partial charge < -0.3 is 4.74 Å². The van der Waals surface area contributed by atoms with Crippen molar-refractivity contribution in [3.63, 3.8) is 0 Å². The van der Waals surface area contributed by atoms with Gasteiger partial charge in [-0.1, -0.05) is 19.1 Å². The summed E-state index contributed by atoms with van der Waals surface area (Å²) in [5.74, 6) is 1.68. The Labute approximate surface area is 123 Å². The standard InChI is InChI=1S/C14H18N4OS/c1-3-6-13-16-17-14(20)18(13)15-10-11-7-5-8-12(9-11)19-4-2/h5,7-10H,3-4,6H2,1-2H3,(H,17,20)/b15-10-. The first-order valence-electron chi connectivity index (χ1n) is 6.68. The summed E-state index contributed by atoms with van der Waals surface area (Å²) in [6, 6.07) is 7.77. The van der Waals surface area contributed by atoms with Gasteiger partial charge in [-0.3, -0.25) is 5.10 Å². The van der Waals surface area contributed by atoms with Crippen molar-refractivity contribution in [1.29, 1.82) is 0 Å². The number of ether oxygens (including phenoxy) is 1. The Morgan fingerprint density at radius 2 is 2.30 bits per heavy atom. The molecule has 2 rings (SSSR count). The summed E-state index contributed by atoms with van der Waals surface area (Å²) in [6.07, 6.45) is 3.59. The maximum atomic E-state index is 5.46. The quantitative estimate of drug-likeness (QED) is 0.656. The Morgan fingerprint density at radius 1 is 1.45 bits per heavy atom. The molecule has 0 spiro atoms. The van der Waals surface area contributed by atoms with Crippen molar-refractivity contribution >= 4 is 18.4 Å². The molecule has 0 bridgehead atoms. The Morgan fingerprint density at radius 3 is 3.05 bits per heavy atom. The largest absolute Gasteiger partial charge is 0.494 e. The van der Waals surface area contributed by atoms with Gasteiger partial charge in [-0.25, -0.2) is 0 Å². The normalized spacial score (nSPS) is 11.1. The Bertz CT molecular complexity index is 645. The van der Waals surface area contributed by atoms with E-state index in [1.807, 2.05) is 31.2 Å². The first-order valence-corrected chi connectivity index (χ1v) is 7.09. The molecule has 0 radical (unpaired) electrons. The fourth-order valence-corrected chi connectivity index (χ4v) is 2.00. The smallest absolute Gasteiger partial charge is 0.216 e. The molecule has 0 aliphatic carbocycles. The molecule has 20 heavy (non-hydrogen) atoms. The molecule has 1 heterocycles. The molecule has 0 aliphatic heterocycles. The SMILES string of the molecule is CCCc1n[nH]c(=S)n1/N=C\c1cccc(OCC)c1. The Kier molecular flexibility index (Phi) is 5.06. The molecule has 0 aliphatic rings. The van der Waals surface area contributed by atoms with Crippen LogP contribution in [0.2, 0.25) is 0 Å². The zero-order valence-electron chi connectivity index (χ0n) is 11.7. The average molecular weight is 290 g/mol. The first-order chi connectivity index (χ1) is 9.74. The maximum absolute atomic E-state index is 5.46. The van der Waals surface area contributed by atoms with E-state index in [0.29, 0.717) is 11.4 Å². The number of H-pyrrole nitrogens is 1. The van der Waals surface area contributed by atoms with E-state index in [1.165, 1.54) is 0 Å². The van der Waals surface area contributed by atoms with Crippen molar-refractivity contribution in [2.75, 3.05) is 6.61 Å². The maximum Gasteiger partial charge on any atom is 0.216 e. The van der Waals surface area contributed by atoms with Crippen molar-refractivity contribution in [2.24, 2.45) is 5.10 Å². The highest BCUT2D eigenvalue weighted by atomic mass is 32.1. The molecule has 1 aromatic heterocycles. The predicted molar refractivity (Wildman–Crippen MR) is 82.0 cm³/mol. The van der Waals surface area contributed by atoms with Gasteiger partial charge in [0.25, 0.3) is 0 Å². The number of hydrogen-bond donors (Lipinski definition) is 1. The average Bonchev–Trinajstić information content (AvgIpc) is 2.79. The van der Waals surface area contributed by atoms with E-state index in [4.69, 9.17) is 17.0 Å². The first kappa shape index (κ1) is 14.5. The number of benzene rings is 1. The summed E-state index contributed by atoms with van der Waals surface area (Å²) >= 11 is 5.18. The van der Waals surface area contributed by atoms with Crippen molar-refractivity contribution in [3.8, 4) is 5.75 Å². The summed E-state index contributed by atoms with van der Waals surface area (Å²) in [7, 11) is 0. The molecule has 1 aromatic carbocycles. The fraction of sp³-hybridized carbons (Fsp3) is 0.357. The van der Waals surface area contributed by atoms with Gasteiger partial charge in [0.1, 0.15) is 5.75 Å². The van der Waals surface area contributed by atoms with Gasteiger partial charge in [-0.05, 0) is 43.3 Å². The molecule has 0 saturated carbocycles. The molecule has 0 atom stereocenters. The lowest BCUT2D eigenvalue weighted by molar-refractivity contribution is 0.340. The number of aromatic amines is 1. The number of nitrogens with one attached hydrogen (secondary N) is 1. The van der Waals surface area contributed by atoms with Crippen LogP contribution >= 0.6 is 12.2 Å². The molecule has 0 unspecified atom stereocenters. The number of aromatic nitrogens is 3. The van der Waals surface area contributed by atoms with Gasteiger partial charge in [0, 0.05) is 6.42 Å². The highest BCUT2D eigenvalue weighted by Gasteiger charge is 2.03. The van der Waals surface area contributed by atoms with Gasteiger partial charge in [-0.15, -0.1) is 0 Å². The van der Waals surface area contributed by atoms with Crippen LogP contribution in [0.25, 0.3) is 0 Å². The van der Waals surface area contributed by atoms with Crippen LogP contribution in [-0.2, 0) is 6.42 Å². The summed E-state index contributed by atoms with van der Waals surface area (Å²) in [5, 5.41) is 11.3. The summed E-state index contributed by atoms with van der Waals surface area (Å²) in [6.45, 7) is 4.70. The second-order valence-electron chi connectivity index (χ2n) is 4.26. The number of nitrogens with zero attached hydrogens (tertiary/aromatic N) is 3. The van der Waals surface area contributed by atoms with Crippen molar-refractivity contribution in [1.82, 2.24) is 14.9 Å². The third-order valence-corrected chi connectivity index (χ3v) is 2.95. The van der Waals surface area contributed by atoms with Crippen LogP contribution in [0, 0.1) is 4.77 Å². The van der Waals surface area contributed by atoms with Crippen LogP contribution in [0.5, 0.6) is 5.75 Å². The summed E-state index contributed by atoms with van der Waals surface area (Å²) in [4.78, 5) is 0. The molecule has 6 heteroatoms. The van der Waals surface area contributed by atoms with Crippen LogP contribution in [0.3, 0.4) is 0 Å². The van der Waals surface area contributed by atoms with Crippen LogP contribution in [0.15, 0.2) is 29.4 Å². The van der Waals surface area contributed by atoms with Gasteiger partial charge in [0.15, 0.2) is 5.82 Å². The van der Waals surface area contributed by atoms with Crippen molar-refractivity contribution < 1.29 is 4.74 Å².